The molecule has 1 aromatic heterocycles. The highest BCUT2D eigenvalue weighted by molar-refractivity contribution is 6.01. The summed E-state index contributed by atoms with van der Waals surface area (Å²) in [5.41, 5.74) is 7.65. The number of hydrogen-bond donors (Lipinski definition) is 0. The predicted octanol–water partition coefficient (Wildman–Crippen LogP) is 6.17. The second-order valence-corrected chi connectivity index (χ2v) is 7.56. The van der Waals surface area contributed by atoms with Crippen LogP contribution in [-0.4, -0.2) is 9.78 Å². The zero-order valence-electron chi connectivity index (χ0n) is 16.9. The van der Waals surface area contributed by atoms with Gasteiger partial charge in [-0.1, -0.05) is 66.2 Å². The van der Waals surface area contributed by atoms with Gasteiger partial charge in [-0.05, 0) is 35.7 Å². The molecule has 30 heavy (non-hydrogen) atoms. The number of aromatic nitrogens is 2. The van der Waals surface area contributed by atoms with E-state index in [-0.39, 0.29) is 0 Å². The minimum absolute atomic E-state index is 0.479. The van der Waals surface area contributed by atoms with Crippen LogP contribution in [0.2, 0.25) is 0 Å². The molecule has 0 radical (unpaired) electrons. The van der Waals surface area contributed by atoms with Crippen LogP contribution < -0.4 is 4.74 Å². The molecule has 0 saturated carbocycles. The van der Waals surface area contributed by atoms with Gasteiger partial charge in [0, 0.05) is 24.4 Å². The van der Waals surface area contributed by atoms with Crippen LogP contribution in [0.1, 0.15) is 27.8 Å². The van der Waals surface area contributed by atoms with Crippen molar-refractivity contribution < 1.29 is 9.13 Å². The third-order valence-electron chi connectivity index (χ3n) is 5.39. The Morgan fingerprint density at radius 2 is 1.57 bits per heavy atom. The highest BCUT2D eigenvalue weighted by Gasteiger charge is 2.28. The Morgan fingerprint density at radius 3 is 2.27 bits per heavy atom. The van der Waals surface area contributed by atoms with E-state index in [2.05, 4.69) is 31.2 Å². The Balaban J connectivity index is 1.80. The molecular weight excluding hydrogens is 375 g/mol. The third-order valence-corrected chi connectivity index (χ3v) is 5.39. The van der Waals surface area contributed by atoms with Crippen molar-refractivity contribution in [2.45, 2.75) is 13.6 Å². The van der Waals surface area contributed by atoms with Crippen LogP contribution in [-0.2, 0) is 13.7 Å². The number of aryl methyl sites for hydroxylation is 2. The maximum absolute atomic E-state index is 13.1. The molecule has 1 aliphatic heterocycles. The quantitative estimate of drug-likeness (QED) is 0.414. The summed E-state index contributed by atoms with van der Waals surface area (Å²) < 4.78 is 21.4. The summed E-state index contributed by atoms with van der Waals surface area (Å²) in [5, 5.41) is 4.71. The molecule has 0 unspecified atom stereocenters. The summed E-state index contributed by atoms with van der Waals surface area (Å²) in [6.07, 6.45) is 1.99. The van der Waals surface area contributed by atoms with E-state index >= 15 is 0 Å². The molecule has 5 rings (SSSR count). The van der Waals surface area contributed by atoms with Crippen LogP contribution in [0.15, 0.2) is 79.0 Å². The van der Waals surface area contributed by atoms with Gasteiger partial charge in [-0.25, -0.2) is 4.39 Å². The average molecular weight is 396 g/mol. The first kappa shape index (κ1) is 18.4. The van der Waals surface area contributed by atoms with E-state index < -0.39 is 6.67 Å². The van der Waals surface area contributed by atoms with Crippen molar-refractivity contribution in [1.82, 2.24) is 9.78 Å². The Kier molecular flexibility index (Phi) is 4.47. The second-order valence-electron chi connectivity index (χ2n) is 7.56. The van der Waals surface area contributed by atoms with E-state index in [0.717, 1.165) is 45.0 Å². The normalized spacial score (nSPS) is 14.0. The summed E-state index contributed by atoms with van der Waals surface area (Å²) in [6.45, 7) is 1.59. The maximum Gasteiger partial charge on any atom is 0.146 e. The number of alkyl halides is 1. The fourth-order valence-electron chi connectivity index (χ4n) is 3.87. The SMILES string of the molecule is Cc1ccc(/C(=C2\Oc3ccccc3-c3nn(C)cc32)c2ccc(CF)cc2)cc1. The van der Waals surface area contributed by atoms with E-state index in [1.165, 1.54) is 5.56 Å². The van der Waals surface area contributed by atoms with Crippen molar-refractivity contribution in [2.24, 2.45) is 7.05 Å². The van der Waals surface area contributed by atoms with Gasteiger partial charge in [-0.15, -0.1) is 0 Å². The van der Waals surface area contributed by atoms with Crippen molar-refractivity contribution in [3.8, 4) is 17.0 Å². The lowest BCUT2D eigenvalue weighted by atomic mass is 9.91. The summed E-state index contributed by atoms with van der Waals surface area (Å²) in [4.78, 5) is 0. The van der Waals surface area contributed by atoms with Gasteiger partial charge >= 0.3 is 0 Å². The Hall–Kier alpha value is -3.66. The minimum atomic E-state index is -0.479. The number of benzene rings is 3. The van der Waals surface area contributed by atoms with Gasteiger partial charge in [0.1, 0.15) is 23.9 Å². The summed E-state index contributed by atoms with van der Waals surface area (Å²) in [6, 6.07) is 23.9. The highest BCUT2D eigenvalue weighted by atomic mass is 19.1. The number of ether oxygens (including phenoxy) is 1. The lowest BCUT2D eigenvalue weighted by Crippen LogP contribution is -2.07. The van der Waals surface area contributed by atoms with Gasteiger partial charge in [0.2, 0.25) is 0 Å². The van der Waals surface area contributed by atoms with Gasteiger partial charge < -0.3 is 4.74 Å². The van der Waals surface area contributed by atoms with Crippen LogP contribution >= 0.6 is 0 Å². The van der Waals surface area contributed by atoms with E-state index in [1.807, 2.05) is 66.5 Å². The number of halogens is 1. The average Bonchev–Trinajstić information content (AvgIpc) is 3.17. The second kappa shape index (κ2) is 7.30. The molecular formula is C26H21FN2O. The first-order valence-corrected chi connectivity index (χ1v) is 9.92. The van der Waals surface area contributed by atoms with Crippen LogP contribution in [0, 0.1) is 6.92 Å². The number of fused-ring (bicyclic) bond motifs is 3. The number of para-hydroxylation sites is 1. The number of rotatable bonds is 3. The zero-order chi connectivity index (χ0) is 20.7. The molecule has 148 valence electrons. The fraction of sp³-hybridized carbons (Fsp3) is 0.115. The molecule has 0 aliphatic carbocycles. The van der Waals surface area contributed by atoms with Crippen molar-refractivity contribution >= 4 is 11.3 Å². The molecule has 0 fully saturated rings. The van der Waals surface area contributed by atoms with Gasteiger partial charge in [0.05, 0.1) is 5.56 Å². The van der Waals surface area contributed by atoms with E-state index in [0.29, 0.717) is 5.56 Å². The van der Waals surface area contributed by atoms with Gasteiger partial charge in [0.15, 0.2) is 0 Å². The number of hydrogen-bond acceptors (Lipinski definition) is 2. The molecule has 2 heterocycles. The van der Waals surface area contributed by atoms with Gasteiger partial charge in [0.25, 0.3) is 0 Å². The third kappa shape index (κ3) is 3.11. The first-order chi connectivity index (χ1) is 14.6. The lowest BCUT2D eigenvalue weighted by molar-refractivity contribution is 0.485. The monoisotopic (exact) mass is 396 g/mol. The van der Waals surface area contributed by atoms with E-state index in [9.17, 15) is 4.39 Å². The molecule has 4 aromatic rings. The molecule has 0 saturated heterocycles. The molecule has 1 aliphatic rings. The molecule has 0 spiro atoms. The lowest BCUT2D eigenvalue weighted by Gasteiger charge is -2.23. The van der Waals surface area contributed by atoms with Crippen LogP contribution in [0.25, 0.3) is 22.6 Å². The predicted molar refractivity (Wildman–Crippen MR) is 118 cm³/mol. The largest absolute Gasteiger partial charge is 0.455 e. The maximum atomic E-state index is 13.1. The minimum Gasteiger partial charge on any atom is -0.455 e. The fourth-order valence-corrected chi connectivity index (χ4v) is 3.87. The van der Waals surface area contributed by atoms with E-state index in [4.69, 9.17) is 9.84 Å². The summed E-state index contributed by atoms with van der Waals surface area (Å²) >= 11 is 0. The molecule has 0 bridgehead atoms. The zero-order valence-corrected chi connectivity index (χ0v) is 16.9. The summed E-state index contributed by atoms with van der Waals surface area (Å²) in [7, 11) is 1.92. The van der Waals surface area contributed by atoms with Gasteiger partial charge in [-0.2, -0.15) is 5.10 Å². The standard InChI is InChI=1S/C26H21FN2O/c1-17-7-11-19(12-8-17)24(20-13-9-18(15-27)10-14-20)26-22-16-29(2)28-25(22)21-5-3-4-6-23(21)30-26/h3-14,16H,15H2,1-2H3/b26-24+. The number of nitrogens with zero attached hydrogens (tertiary/aromatic N) is 2. The molecule has 0 amide bonds. The Bertz CT molecular complexity index is 1250. The van der Waals surface area contributed by atoms with Crippen LogP contribution in [0.5, 0.6) is 5.75 Å². The molecule has 0 atom stereocenters. The van der Waals surface area contributed by atoms with Crippen molar-refractivity contribution in [1.29, 1.82) is 0 Å². The van der Waals surface area contributed by atoms with Crippen molar-refractivity contribution in [2.75, 3.05) is 0 Å². The highest BCUT2D eigenvalue weighted by Crippen LogP contribution is 2.45. The molecule has 0 N–H and O–H groups in total. The summed E-state index contributed by atoms with van der Waals surface area (Å²) in [5.74, 6) is 1.54. The van der Waals surface area contributed by atoms with Crippen LogP contribution in [0.3, 0.4) is 0 Å². The smallest absolute Gasteiger partial charge is 0.146 e. The Morgan fingerprint density at radius 1 is 0.900 bits per heavy atom. The molecule has 3 aromatic carbocycles. The first-order valence-electron chi connectivity index (χ1n) is 9.92. The van der Waals surface area contributed by atoms with Crippen molar-refractivity contribution in [3.05, 3.63) is 107 Å². The molecule has 4 heteroatoms. The van der Waals surface area contributed by atoms with Crippen molar-refractivity contribution in [3.63, 3.8) is 0 Å². The van der Waals surface area contributed by atoms with E-state index in [1.54, 1.807) is 0 Å². The van der Waals surface area contributed by atoms with Crippen LogP contribution in [0.4, 0.5) is 4.39 Å². The molecule has 3 nitrogen and oxygen atoms in total. The topological polar surface area (TPSA) is 27.1 Å². The Labute approximate surface area is 175 Å². The van der Waals surface area contributed by atoms with Gasteiger partial charge in [-0.3, -0.25) is 4.68 Å².